The van der Waals surface area contributed by atoms with Crippen LogP contribution in [0.2, 0.25) is 5.02 Å². The summed E-state index contributed by atoms with van der Waals surface area (Å²) in [6.45, 7) is 1.99. The van der Waals surface area contributed by atoms with Gasteiger partial charge < -0.3 is 19.3 Å². The molecule has 3 aromatic carbocycles. The fourth-order valence-electron chi connectivity index (χ4n) is 3.35. The van der Waals surface area contributed by atoms with Crippen molar-refractivity contribution in [3.05, 3.63) is 94.6 Å². The highest BCUT2D eigenvalue weighted by molar-refractivity contribution is 6.31. The van der Waals surface area contributed by atoms with Gasteiger partial charge in [0.15, 0.2) is 6.61 Å². The topological polar surface area (TPSA) is 77.9 Å². The van der Waals surface area contributed by atoms with E-state index in [-0.39, 0.29) is 6.61 Å². The van der Waals surface area contributed by atoms with Crippen molar-refractivity contribution in [1.29, 1.82) is 0 Å². The smallest absolute Gasteiger partial charge is 0.341 e. The van der Waals surface area contributed by atoms with Crippen LogP contribution in [-0.2, 0) is 18.0 Å². The SMILES string of the molecule is Cc1cccc(COc2cccc(OCc3ccc4ccc(Cl)cc4n3)c2)c1OCC(=O)O. The second-order valence-corrected chi connectivity index (χ2v) is 7.87. The number of benzene rings is 3. The number of rotatable bonds is 9. The molecule has 1 aromatic heterocycles. The summed E-state index contributed by atoms with van der Waals surface area (Å²) in [5, 5.41) is 10.6. The molecule has 0 aliphatic carbocycles. The number of carbonyl (C=O) groups is 1. The molecular weight excluding hydrogens is 442 g/mol. The number of aliphatic carboxylic acids is 1. The van der Waals surface area contributed by atoms with Crippen LogP contribution < -0.4 is 14.2 Å². The van der Waals surface area contributed by atoms with Crippen LogP contribution in [0.3, 0.4) is 0 Å². The van der Waals surface area contributed by atoms with Gasteiger partial charge in [0.05, 0.1) is 11.2 Å². The van der Waals surface area contributed by atoms with Gasteiger partial charge in [0.2, 0.25) is 0 Å². The van der Waals surface area contributed by atoms with Crippen molar-refractivity contribution >= 4 is 28.5 Å². The summed E-state index contributed by atoms with van der Waals surface area (Å²) in [4.78, 5) is 15.5. The van der Waals surface area contributed by atoms with Gasteiger partial charge in [-0.3, -0.25) is 0 Å². The highest BCUT2D eigenvalue weighted by Gasteiger charge is 2.10. The molecule has 1 heterocycles. The molecule has 0 fully saturated rings. The lowest BCUT2D eigenvalue weighted by Crippen LogP contribution is -2.12. The molecule has 4 aromatic rings. The van der Waals surface area contributed by atoms with Crippen LogP contribution in [0.15, 0.2) is 72.8 Å². The fraction of sp³-hybridized carbons (Fsp3) is 0.154. The standard InChI is InChI=1S/C26H22ClNO5/c1-17-4-2-5-19(26(17)33-16-25(29)30)14-31-22-6-3-7-23(13-22)32-15-21-11-9-18-8-10-20(27)12-24(18)28-21/h2-13H,14-16H2,1H3,(H,29,30). The van der Waals surface area contributed by atoms with E-state index in [4.69, 9.17) is 30.9 Å². The number of hydrogen-bond acceptors (Lipinski definition) is 5. The number of hydrogen-bond donors (Lipinski definition) is 1. The molecule has 0 aliphatic heterocycles. The van der Waals surface area contributed by atoms with Crippen LogP contribution in [0, 0.1) is 6.92 Å². The Morgan fingerprint density at radius 2 is 1.64 bits per heavy atom. The van der Waals surface area contributed by atoms with Crippen LogP contribution in [0.25, 0.3) is 10.9 Å². The minimum absolute atomic E-state index is 0.229. The molecule has 0 saturated heterocycles. The van der Waals surface area contributed by atoms with E-state index in [9.17, 15) is 4.79 Å². The normalized spacial score (nSPS) is 10.7. The molecule has 0 radical (unpaired) electrons. The van der Waals surface area contributed by atoms with Gasteiger partial charge in [-0.1, -0.05) is 48.0 Å². The molecule has 0 atom stereocenters. The molecule has 1 N–H and O–H groups in total. The number of para-hydroxylation sites is 1. The molecule has 168 valence electrons. The van der Waals surface area contributed by atoms with E-state index in [1.807, 2.05) is 73.7 Å². The van der Waals surface area contributed by atoms with E-state index in [1.165, 1.54) is 0 Å². The number of aryl methyl sites for hydroxylation is 1. The van der Waals surface area contributed by atoms with Crippen LogP contribution >= 0.6 is 11.6 Å². The first-order valence-corrected chi connectivity index (χ1v) is 10.7. The Labute approximate surface area is 196 Å². The second kappa shape index (κ2) is 10.2. The molecule has 0 unspecified atom stereocenters. The molecule has 4 rings (SSSR count). The Hall–Kier alpha value is -3.77. The zero-order valence-electron chi connectivity index (χ0n) is 18.0. The second-order valence-electron chi connectivity index (χ2n) is 7.44. The van der Waals surface area contributed by atoms with Crippen molar-refractivity contribution in [2.75, 3.05) is 6.61 Å². The lowest BCUT2D eigenvalue weighted by molar-refractivity contribution is -0.139. The molecule has 0 saturated carbocycles. The van der Waals surface area contributed by atoms with Gasteiger partial charge in [-0.15, -0.1) is 0 Å². The van der Waals surface area contributed by atoms with E-state index in [0.29, 0.717) is 28.9 Å². The maximum atomic E-state index is 10.9. The van der Waals surface area contributed by atoms with Crippen LogP contribution in [0.1, 0.15) is 16.8 Å². The zero-order chi connectivity index (χ0) is 23.2. The van der Waals surface area contributed by atoms with Crippen LogP contribution in [0.4, 0.5) is 0 Å². The fourth-order valence-corrected chi connectivity index (χ4v) is 3.52. The summed E-state index contributed by atoms with van der Waals surface area (Å²) < 4.78 is 17.3. The quantitative estimate of drug-likeness (QED) is 0.337. The third-order valence-electron chi connectivity index (χ3n) is 4.93. The lowest BCUT2D eigenvalue weighted by Gasteiger charge is -2.14. The van der Waals surface area contributed by atoms with Crippen molar-refractivity contribution in [1.82, 2.24) is 4.98 Å². The van der Waals surface area contributed by atoms with Crippen molar-refractivity contribution in [2.24, 2.45) is 0 Å². The number of halogens is 1. The van der Waals surface area contributed by atoms with Crippen molar-refractivity contribution in [3.8, 4) is 17.2 Å². The average molecular weight is 464 g/mol. The molecule has 7 heteroatoms. The monoisotopic (exact) mass is 463 g/mol. The van der Waals surface area contributed by atoms with Crippen LogP contribution in [0.5, 0.6) is 17.2 Å². The molecule has 6 nitrogen and oxygen atoms in total. The summed E-state index contributed by atoms with van der Waals surface area (Å²) in [6.07, 6.45) is 0. The highest BCUT2D eigenvalue weighted by Crippen LogP contribution is 2.27. The van der Waals surface area contributed by atoms with Crippen molar-refractivity contribution < 1.29 is 24.1 Å². The summed E-state index contributed by atoms with van der Waals surface area (Å²) in [6, 6.07) is 22.4. The van der Waals surface area contributed by atoms with Crippen molar-refractivity contribution in [2.45, 2.75) is 20.1 Å². The number of ether oxygens (including phenoxy) is 3. The van der Waals surface area contributed by atoms with Gasteiger partial charge >= 0.3 is 5.97 Å². The van der Waals surface area contributed by atoms with E-state index in [1.54, 1.807) is 6.07 Å². The Balaban J connectivity index is 1.41. The minimum Gasteiger partial charge on any atom is -0.489 e. The Bertz CT molecular complexity index is 1290. The number of fused-ring (bicyclic) bond motifs is 1. The largest absolute Gasteiger partial charge is 0.489 e. The van der Waals surface area contributed by atoms with E-state index < -0.39 is 12.6 Å². The zero-order valence-corrected chi connectivity index (χ0v) is 18.7. The van der Waals surface area contributed by atoms with Gasteiger partial charge in [-0.25, -0.2) is 9.78 Å². The average Bonchev–Trinajstić information content (AvgIpc) is 2.80. The van der Waals surface area contributed by atoms with E-state index >= 15 is 0 Å². The predicted molar refractivity (Wildman–Crippen MR) is 126 cm³/mol. The number of carboxylic acid groups (broad SMARTS) is 1. The third-order valence-corrected chi connectivity index (χ3v) is 5.17. The maximum absolute atomic E-state index is 10.9. The first-order chi connectivity index (χ1) is 16.0. The Morgan fingerprint density at radius 1 is 0.909 bits per heavy atom. The number of pyridine rings is 1. The molecule has 0 amide bonds. The number of carboxylic acids is 1. The molecule has 0 bridgehead atoms. The first kappa shape index (κ1) is 22.4. The molecule has 33 heavy (non-hydrogen) atoms. The minimum atomic E-state index is -1.03. The first-order valence-electron chi connectivity index (χ1n) is 10.3. The predicted octanol–water partition coefficient (Wildman–Crippen LogP) is 5.82. The van der Waals surface area contributed by atoms with Gasteiger partial charge in [-0.05, 0) is 42.8 Å². The summed E-state index contributed by atoms with van der Waals surface area (Å²) in [7, 11) is 0. The Kier molecular flexibility index (Phi) is 6.95. The van der Waals surface area contributed by atoms with E-state index in [2.05, 4.69) is 4.98 Å². The number of nitrogens with zero attached hydrogens (tertiary/aromatic N) is 1. The van der Waals surface area contributed by atoms with Gasteiger partial charge in [-0.2, -0.15) is 0 Å². The number of aromatic nitrogens is 1. The summed E-state index contributed by atoms with van der Waals surface area (Å²) >= 11 is 6.07. The molecular formula is C26H22ClNO5. The van der Waals surface area contributed by atoms with Gasteiger partial charge in [0.1, 0.15) is 30.5 Å². The lowest BCUT2D eigenvalue weighted by atomic mass is 10.1. The van der Waals surface area contributed by atoms with Gasteiger partial charge in [0.25, 0.3) is 0 Å². The Morgan fingerprint density at radius 3 is 2.42 bits per heavy atom. The molecule has 0 spiro atoms. The maximum Gasteiger partial charge on any atom is 0.341 e. The van der Waals surface area contributed by atoms with Crippen molar-refractivity contribution in [3.63, 3.8) is 0 Å². The summed E-state index contributed by atoms with van der Waals surface area (Å²) in [5.74, 6) is 0.761. The summed E-state index contributed by atoms with van der Waals surface area (Å²) in [5.41, 5.74) is 3.22. The molecule has 0 aliphatic rings. The van der Waals surface area contributed by atoms with Crippen LogP contribution in [-0.4, -0.2) is 22.7 Å². The third kappa shape index (κ3) is 5.93. The van der Waals surface area contributed by atoms with Gasteiger partial charge in [0, 0.05) is 22.0 Å². The van der Waals surface area contributed by atoms with E-state index in [0.717, 1.165) is 27.7 Å². The highest BCUT2D eigenvalue weighted by atomic mass is 35.5.